The first-order valence-electron chi connectivity index (χ1n) is 8.06. The van der Waals surface area contributed by atoms with E-state index in [2.05, 4.69) is 4.90 Å². The van der Waals surface area contributed by atoms with Gasteiger partial charge in [0, 0.05) is 51.2 Å². The molecule has 2 aliphatic heterocycles. The predicted molar refractivity (Wildman–Crippen MR) is 89.4 cm³/mol. The largest absolute Gasteiger partial charge is 0.343 e. The second kappa shape index (κ2) is 6.89. The maximum absolute atomic E-state index is 12.5. The highest BCUT2D eigenvalue weighted by molar-refractivity contribution is 6.30. The van der Waals surface area contributed by atoms with Gasteiger partial charge in [0.05, 0.1) is 0 Å². The number of nitrogens with zero attached hydrogens (tertiary/aromatic N) is 3. The number of hydrogen-bond donors (Lipinski definition) is 0. The maximum Gasteiger partial charge on any atom is 0.241 e. The Labute approximate surface area is 141 Å². The van der Waals surface area contributed by atoms with Gasteiger partial charge in [0.25, 0.3) is 0 Å². The molecule has 0 spiro atoms. The average Bonchev–Trinajstić information content (AvgIpc) is 2.56. The zero-order chi connectivity index (χ0) is 16.4. The molecule has 2 saturated heterocycles. The molecule has 6 heteroatoms. The van der Waals surface area contributed by atoms with Gasteiger partial charge in [-0.2, -0.15) is 0 Å². The lowest BCUT2D eigenvalue weighted by molar-refractivity contribution is -0.147. The molecule has 1 aromatic rings. The Morgan fingerprint density at radius 1 is 1.26 bits per heavy atom. The first-order chi connectivity index (χ1) is 11.0. The van der Waals surface area contributed by atoms with E-state index in [0.717, 1.165) is 25.2 Å². The summed E-state index contributed by atoms with van der Waals surface area (Å²) >= 11 is 5.97. The van der Waals surface area contributed by atoms with Crippen molar-refractivity contribution in [2.45, 2.75) is 18.9 Å². The molecule has 0 N–H and O–H groups in total. The number of halogens is 1. The van der Waals surface area contributed by atoms with Crippen LogP contribution in [0.4, 0.5) is 0 Å². The van der Waals surface area contributed by atoms with E-state index in [1.807, 2.05) is 36.2 Å². The summed E-state index contributed by atoms with van der Waals surface area (Å²) in [5.41, 5.74) is 1.07. The van der Waals surface area contributed by atoms with Crippen LogP contribution in [0.3, 0.4) is 0 Å². The lowest BCUT2D eigenvalue weighted by Crippen LogP contribution is -2.64. The van der Waals surface area contributed by atoms with E-state index in [9.17, 15) is 9.59 Å². The number of rotatable bonds is 3. The van der Waals surface area contributed by atoms with Crippen molar-refractivity contribution in [3.05, 3.63) is 34.9 Å². The highest BCUT2D eigenvalue weighted by atomic mass is 35.5. The molecule has 1 unspecified atom stereocenters. The quantitative estimate of drug-likeness (QED) is 0.835. The highest BCUT2D eigenvalue weighted by Crippen LogP contribution is 2.18. The molecule has 0 aliphatic carbocycles. The molecule has 3 rings (SSSR count). The number of amides is 2. The lowest BCUT2D eigenvalue weighted by atomic mass is 10.1. The Hall–Kier alpha value is -1.59. The second-order valence-corrected chi connectivity index (χ2v) is 6.72. The van der Waals surface area contributed by atoms with Crippen LogP contribution in [0.15, 0.2) is 24.3 Å². The molecule has 23 heavy (non-hydrogen) atoms. The van der Waals surface area contributed by atoms with E-state index in [-0.39, 0.29) is 17.9 Å². The summed E-state index contributed by atoms with van der Waals surface area (Å²) in [7, 11) is 1.83. The summed E-state index contributed by atoms with van der Waals surface area (Å²) in [5.74, 6) is 0.245. The minimum absolute atomic E-state index is 0.116. The third kappa shape index (κ3) is 3.67. The average molecular weight is 336 g/mol. The number of fused-ring (bicyclic) bond motifs is 1. The Balaban J connectivity index is 1.57. The fraction of sp³-hybridized carbons (Fsp3) is 0.529. The molecule has 0 bridgehead atoms. The van der Waals surface area contributed by atoms with Crippen molar-refractivity contribution in [3.63, 3.8) is 0 Å². The van der Waals surface area contributed by atoms with Crippen LogP contribution in [-0.2, 0) is 16.0 Å². The van der Waals surface area contributed by atoms with Gasteiger partial charge in [-0.15, -0.1) is 0 Å². The van der Waals surface area contributed by atoms with Gasteiger partial charge in [-0.05, 0) is 24.1 Å². The number of benzene rings is 1. The van der Waals surface area contributed by atoms with E-state index < -0.39 is 0 Å². The summed E-state index contributed by atoms with van der Waals surface area (Å²) in [6.45, 7) is 3.68. The Bertz CT molecular complexity index is 607. The summed E-state index contributed by atoms with van der Waals surface area (Å²) in [5, 5.41) is 0.694. The van der Waals surface area contributed by atoms with Crippen LogP contribution >= 0.6 is 11.6 Å². The summed E-state index contributed by atoms with van der Waals surface area (Å²) in [4.78, 5) is 30.5. The van der Waals surface area contributed by atoms with Crippen molar-refractivity contribution in [1.29, 1.82) is 0 Å². The molecule has 1 aromatic carbocycles. The van der Waals surface area contributed by atoms with Gasteiger partial charge in [-0.25, -0.2) is 0 Å². The van der Waals surface area contributed by atoms with Crippen LogP contribution in [0.5, 0.6) is 0 Å². The van der Waals surface area contributed by atoms with E-state index >= 15 is 0 Å². The van der Waals surface area contributed by atoms with Crippen LogP contribution in [0.1, 0.15) is 12.0 Å². The van der Waals surface area contributed by atoms with Gasteiger partial charge in [0.1, 0.15) is 6.04 Å². The fourth-order valence-electron chi connectivity index (χ4n) is 3.29. The minimum atomic E-state index is -0.169. The summed E-state index contributed by atoms with van der Waals surface area (Å²) < 4.78 is 0. The van der Waals surface area contributed by atoms with Crippen molar-refractivity contribution >= 4 is 23.4 Å². The van der Waals surface area contributed by atoms with E-state index in [0.29, 0.717) is 31.0 Å². The Morgan fingerprint density at radius 2 is 2.04 bits per heavy atom. The smallest absolute Gasteiger partial charge is 0.241 e. The first-order valence-corrected chi connectivity index (χ1v) is 8.43. The van der Waals surface area contributed by atoms with Crippen molar-refractivity contribution in [2.24, 2.45) is 0 Å². The standard InChI is InChI=1S/C17H22ClN3O2/c1-19-7-8-20-9-10-21(12-15(20)17(19)23)16(22)6-5-13-3-2-4-14(18)11-13/h2-4,11,15H,5-10,12H2,1H3. The zero-order valence-corrected chi connectivity index (χ0v) is 14.1. The van der Waals surface area contributed by atoms with E-state index in [1.54, 1.807) is 4.90 Å². The number of piperazine rings is 2. The van der Waals surface area contributed by atoms with E-state index in [1.165, 1.54) is 0 Å². The molecule has 1 atom stereocenters. The molecule has 0 saturated carbocycles. The molecular weight excluding hydrogens is 314 g/mol. The molecule has 0 radical (unpaired) electrons. The summed E-state index contributed by atoms with van der Waals surface area (Å²) in [6, 6.07) is 7.44. The second-order valence-electron chi connectivity index (χ2n) is 6.28. The van der Waals surface area contributed by atoms with Gasteiger partial charge in [-0.3, -0.25) is 14.5 Å². The topological polar surface area (TPSA) is 43.9 Å². The third-order valence-electron chi connectivity index (χ3n) is 4.74. The Morgan fingerprint density at radius 3 is 2.83 bits per heavy atom. The molecule has 2 heterocycles. The lowest BCUT2D eigenvalue weighted by Gasteiger charge is -2.45. The van der Waals surface area contributed by atoms with Crippen molar-refractivity contribution < 1.29 is 9.59 Å². The normalized spacial score (nSPS) is 22.2. The molecule has 2 fully saturated rings. The molecule has 2 amide bonds. The third-order valence-corrected chi connectivity index (χ3v) is 4.98. The van der Waals surface area contributed by atoms with Gasteiger partial charge < -0.3 is 9.80 Å². The molecule has 0 aromatic heterocycles. The monoisotopic (exact) mass is 335 g/mol. The first kappa shape index (κ1) is 16.3. The van der Waals surface area contributed by atoms with Gasteiger partial charge in [-0.1, -0.05) is 23.7 Å². The van der Waals surface area contributed by atoms with Crippen LogP contribution < -0.4 is 0 Å². The van der Waals surface area contributed by atoms with Crippen LogP contribution in [-0.4, -0.2) is 72.3 Å². The predicted octanol–water partition coefficient (Wildman–Crippen LogP) is 1.26. The number of likely N-dealkylation sites (N-methyl/N-ethyl adjacent to an activating group) is 1. The highest BCUT2D eigenvalue weighted by Gasteiger charge is 2.38. The van der Waals surface area contributed by atoms with Crippen LogP contribution in [0, 0.1) is 0 Å². The number of aryl methyl sites for hydroxylation is 1. The van der Waals surface area contributed by atoms with E-state index in [4.69, 9.17) is 11.6 Å². The van der Waals surface area contributed by atoms with Crippen LogP contribution in [0.25, 0.3) is 0 Å². The van der Waals surface area contributed by atoms with Gasteiger partial charge in [0.2, 0.25) is 11.8 Å². The molecule has 124 valence electrons. The van der Waals surface area contributed by atoms with Crippen molar-refractivity contribution in [3.8, 4) is 0 Å². The number of carbonyl (C=O) groups excluding carboxylic acids is 2. The number of carbonyl (C=O) groups is 2. The summed E-state index contributed by atoms with van der Waals surface area (Å²) in [6.07, 6.45) is 1.13. The van der Waals surface area contributed by atoms with Crippen LogP contribution in [0.2, 0.25) is 5.02 Å². The van der Waals surface area contributed by atoms with Crippen molar-refractivity contribution in [1.82, 2.24) is 14.7 Å². The maximum atomic E-state index is 12.5. The van der Waals surface area contributed by atoms with Crippen molar-refractivity contribution in [2.75, 3.05) is 39.8 Å². The molecule has 2 aliphatic rings. The Kier molecular flexibility index (Phi) is 4.87. The fourth-order valence-corrected chi connectivity index (χ4v) is 3.51. The minimum Gasteiger partial charge on any atom is -0.343 e. The SMILES string of the molecule is CN1CCN2CCN(C(=O)CCc3cccc(Cl)c3)CC2C1=O. The van der Waals surface area contributed by atoms with Gasteiger partial charge >= 0.3 is 0 Å². The number of hydrogen-bond acceptors (Lipinski definition) is 3. The van der Waals surface area contributed by atoms with Gasteiger partial charge in [0.15, 0.2) is 0 Å². The molecular formula is C17H22ClN3O2. The molecule has 5 nitrogen and oxygen atoms in total. The zero-order valence-electron chi connectivity index (χ0n) is 13.4.